The fourth-order valence-electron chi connectivity index (χ4n) is 3.01. The predicted molar refractivity (Wildman–Crippen MR) is 77.6 cm³/mol. The molecule has 1 fully saturated rings. The summed E-state index contributed by atoms with van der Waals surface area (Å²) in [7, 11) is 0. The number of rotatable bonds is 7. The molecule has 0 spiro atoms. The summed E-state index contributed by atoms with van der Waals surface area (Å²) in [6.07, 6.45) is 14.4. The quantitative estimate of drug-likeness (QED) is 0.723. The van der Waals surface area contributed by atoms with Crippen molar-refractivity contribution in [2.45, 2.75) is 65.0 Å². The van der Waals surface area contributed by atoms with Gasteiger partial charge in [0.1, 0.15) is 0 Å². The normalized spacial score (nSPS) is 17.2. The fraction of sp³-hybridized carbons (Fsp3) is 0.750. The van der Waals surface area contributed by atoms with Gasteiger partial charge in [-0.25, -0.2) is 0 Å². The van der Waals surface area contributed by atoms with Crippen LogP contribution in [0.1, 0.15) is 57.4 Å². The second-order valence-electron chi connectivity index (χ2n) is 5.73. The van der Waals surface area contributed by atoms with Crippen molar-refractivity contribution in [3.05, 3.63) is 24.0 Å². The van der Waals surface area contributed by atoms with Crippen LogP contribution in [0.3, 0.4) is 0 Å². The van der Waals surface area contributed by atoms with E-state index in [-0.39, 0.29) is 0 Å². The fourth-order valence-corrected chi connectivity index (χ4v) is 3.01. The number of aryl methyl sites for hydroxylation is 1. The van der Waals surface area contributed by atoms with Crippen molar-refractivity contribution < 1.29 is 0 Å². The third-order valence-electron chi connectivity index (χ3n) is 4.08. The Morgan fingerprint density at radius 1 is 1.28 bits per heavy atom. The molecule has 0 saturated heterocycles. The maximum absolute atomic E-state index is 3.59. The van der Waals surface area contributed by atoms with Gasteiger partial charge in [0.25, 0.3) is 0 Å². The van der Waals surface area contributed by atoms with Gasteiger partial charge in [-0.15, -0.1) is 0 Å². The molecule has 2 nitrogen and oxygen atoms in total. The van der Waals surface area contributed by atoms with Gasteiger partial charge in [-0.2, -0.15) is 0 Å². The van der Waals surface area contributed by atoms with Crippen molar-refractivity contribution in [3.63, 3.8) is 0 Å². The number of nitrogens with zero attached hydrogens (tertiary/aromatic N) is 1. The van der Waals surface area contributed by atoms with Gasteiger partial charge >= 0.3 is 0 Å². The lowest BCUT2D eigenvalue weighted by Gasteiger charge is -2.21. The van der Waals surface area contributed by atoms with Gasteiger partial charge in [0, 0.05) is 25.5 Å². The highest BCUT2D eigenvalue weighted by atomic mass is 14.9. The first-order chi connectivity index (χ1) is 8.88. The van der Waals surface area contributed by atoms with Gasteiger partial charge in [0.2, 0.25) is 0 Å². The summed E-state index contributed by atoms with van der Waals surface area (Å²) in [5, 5.41) is 3.59. The third-order valence-corrected chi connectivity index (χ3v) is 4.08. The van der Waals surface area contributed by atoms with E-state index in [1.165, 1.54) is 57.1 Å². The summed E-state index contributed by atoms with van der Waals surface area (Å²) in [6.45, 7) is 5.58. The van der Waals surface area contributed by atoms with Gasteiger partial charge < -0.3 is 9.88 Å². The molecule has 1 aromatic heterocycles. The minimum atomic E-state index is 0.996. The zero-order chi connectivity index (χ0) is 12.6. The van der Waals surface area contributed by atoms with E-state index in [0.29, 0.717) is 0 Å². The van der Waals surface area contributed by atoms with Gasteiger partial charge in [0.15, 0.2) is 0 Å². The number of aromatic nitrogens is 1. The standard InChI is InChI=1S/C16H28N2/c1-2-11-18-12-9-16(14-18)13-17-10-8-15-6-4-3-5-7-15/h9,12,14-15,17H,2-8,10-11,13H2,1H3. The molecule has 102 valence electrons. The minimum absolute atomic E-state index is 0.996. The Morgan fingerprint density at radius 3 is 2.89 bits per heavy atom. The summed E-state index contributed by atoms with van der Waals surface area (Å²) in [6, 6.07) is 2.24. The van der Waals surface area contributed by atoms with Crippen LogP contribution in [0.15, 0.2) is 18.5 Å². The van der Waals surface area contributed by atoms with Crippen molar-refractivity contribution in [2.24, 2.45) is 5.92 Å². The van der Waals surface area contributed by atoms with E-state index in [4.69, 9.17) is 0 Å². The van der Waals surface area contributed by atoms with E-state index in [1.54, 1.807) is 0 Å². The van der Waals surface area contributed by atoms with E-state index < -0.39 is 0 Å². The Hall–Kier alpha value is -0.760. The molecule has 1 aromatic rings. The highest BCUT2D eigenvalue weighted by Crippen LogP contribution is 2.25. The van der Waals surface area contributed by atoms with Crippen molar-refractivity contribution >= 4 is 0 Å². The molecule has 2 heteroatoms. The molecule has 0 amide bonds. The molecular weight excluding hydrogens is 220 g/mol. The second kappa shape index (κ2) is 7.63. The Kier molecular flexibility index (Phi) is 5.79. The van der Waals surface area contributed by atoms with Gasteiger partial charge in [0.05, 0.1) is 0 Å². The first-order valence-corrected chi connectivity index (χ1v) is 7.74. The molecule has 1 N–H and O–H groups in total. The van der Waals surface area contributed by atoms with Crippen molar-refractivity contribution in [3.8, 4) is 0 Å². The molecular formula is C16H28N2. The number of hydrogen-bond acceptors (Lipinski definition) is 1. The zero-order valence-corrected chi connectivity index (χ0v) is 11.8. The summed E-state index contributed by atoms with van der Waals surface area (Å²) in [5.74, 6) is 0.996. The van der Waals surface area contributed by atoms with Crippen LogP contribution in [0.25, 0.3) is 0 Å². The first-order valence-electron chi connectivity index (χ1n) is 7.74. The van der Waals surface area contributed by atoms with Crippen LogP contribution in [0.5, 0.6) is 0 Å². The van der Waals surface area contributed by atoms with Crippen LogP contribution in [0.4, 0.5) is 0 Å². The van der Waals surface area contributed by atoms with E-state index in [1.807, 2.05) is 0 Å². The second-order valence-corrected chi connectivity index (χ2v) is 5.73. The van der Waals surface area contributed by atoms with Crippen LogP contribution < -0.4 is 5.32 Å². The van der Waals surface area contributed by atoms with E-state index in [2.05, 4.69) is 35.3 Å². The zero-order valence-electron chi connectivity index (χ0n) is 11.8. The number of nitrogens with one attached hydrogen (secondary N) is 1. The molecule has 2 rings (SSSR count). The maximum atomic E-state index is 3.59. The molecule has 0 atom stereocenters. The van der Waals surface area contributed by atoms with Crippen molar-refractivity contribution in [2.75, 3.05) is 6.54 Å². The molecule has 0 radical (unpaired) electrons. The maximum Gasteiger partial charge on any atom is 0.0220 e. The van der Waals surface area contributed by atoms with Gasteiger partial charge in [-0.05, 0) is 36.9 Å². The minimum Gasteiger partial charge on any atom is -0.354 e. The molecule has 0 unspecified atom stereocenters. The molecule has 0 aromatic carbocycles. The Bertz CT molecular complexity index is 324. The van der Waals surface area contributed by atoms with Crippen LogP contribution >= 0.6 is 0 Å². The highest BCUT2D eigenvalue weighted by molar-refractivity contribution is 5.09. The lowest BCUT2D eigenvalue weighted by Crippen LogP contribution is -2.18. The van der Waals surface area contributed by atoms with Gasteiger partial charge in [-0.1, -0.05) is 39.0 Å². The molecule has 18 heavy (non-hydrogen) atoms. The van der Waals surface area contributed by atoms with Crippen LogP contribution in [-0.2, 0) is 13.1 Å². The molecule has 0 bridgehead atoms. The average Bonchev–Trinajstić information content (AvgIpc) is 2.84. The van der Waals surface area contributed by atoms with E-state index >= 15 is 0 Å². The van der Waals surface area contributed by atoms with Gasteiger partial charge in [-0.3, -0.25) is 0 Å². The summed E-state index contributed by atoms with van der Waals surface area (Å²) >= 11 is 0. The lowest BCUT2D eigenvalue weighted by molar-refractivity contribution is 0.334. The van der Waals surface area contributed by atoms with E-state index in [0.717, 1.165) is 19.0 Å². The lowest BCUT2D eigenvalue weighted by atomic mass is 9.87. The number of hydrogen-bond donors (Lipinski definition) is 1. The molecule has 1 heterocycles. The SMILES string of the molecule is CCCn1ccc(CNCCC2CCCCC2)c1. The predicted octanol–water partition coefficient (Wildman–Crippen LogP) is 3.96. The third kappa shape index (κ3) is 4.49. The van der Waals surface area contributed by atoms with Crippen molar-refractivity contribution in [1.29, 1.82) is 0 Å². The molecule has 1 saturated carbocycles. The Labute approximate surface area is 112 Å². The smallest absolute Gasteiger partial charge is 0.0220 e. The monoisotopic (exact) mass is 248 g/mol. The summed E-state index contributed by atoms with van der Waals surface area (Å²) in [5.41, 5.74) is 1.42. The average molecular weight is 248 g/mol. The topological polar surface area (TPSA) is 17.0 Å². The molecule has 1 aliphatic carbocycles. The summed E-state index contributed by atoms with van der Waals surface area (Å²) in [4.78, 5) is 0. The summed E-state index contributed by atoms with van der Waals surface area (Å²) < 4.78 is 2.29. The molecule has 0 aliphatic heterocycles. The van der Waals surface area contributed by atoms with Crippen LogP contribution in [0, 0.1) is 5.92 Å². The van der Waals surface area contributed by atoms with Crippen LogP contribution in [-0.4, -0.2) is 11.1 Å². The van der Waals surface area contributed by atoms with Crippen LogP contribution in [0.2, 0.25) is 0 Å². The van der Waals surface area contributed by atoms with Crippen molar-refractivity contribution in [1.82, 2.24) is 9.88 Å². The molecule has 1 aliphatic rings. The Balaban J connectivity index is 1.59. The van der Waals surface area contributed by atoms with E-state index in [9.17, 15) is 0 Å². The Morgan fingerprint density at radius 2 is 2.11 bits per heavy atom. The first kappa shape index (κ1) is 13.7. The largest absolute Gasteiger partial charge is 0.354 e. The highest BCUT2D eigenvalue weighted by Gasteiger charge is 2.12.